The number of aryl methyl sites for hydroxylation is 1. The molecule has 9 nitrogen and oxygen atoms in total. The van der Waals surface area contributed by atoms with E-state index in [0.29, 0.717) is 11.9 Å². The molecule has 0 bridgehead atoms. The van der Waals surface area contributed by atoms with E-state index in [1.165, 1.54) is 60.3 Å². The third-order valence-corrected chi connectivity index (χ3v) is 9.86. The number of hydrogen-bond donors (Lipinski definition) is 1. The van der Waals surface area contributed by atoms with Crippen LogP contribution in [0.1, 0.15) is 44.1 Å². The van der Waals surface area contributed by atoms with Gasteiger partial charge in [-0.25, -0.2) is 4.79 Å². The fourth-order valence-electron chi connectivity index (χ4n) is 6.45. The molecule has 0 amide bonds. The standard InChI is InChI=1S/C32H39BrN6O3/c1-22-27(33)6-3-7-29(22)42-25-11-8-23(9-12-25)5-4-15-37-17-19-38(20-18-37)24-10-13-26-28(21-24)36(2)35-31(26)39-16-14-30(40)34-32(39)41/h3,6-7,10,13-14,16,21,23,25H,4-5,8-9,11-12,15,17-20H2,1-2H3,(H,34,40,41). The molecule has 42 heavy (non-hydrogen) atoms. The summed E-state index contributed by atoms with van der Waals surface area (Å²) in [6.07, 6.45) is 9.21. The van der Waals surface area contributed by atoms with Crippen LogP contribution in [0.25, 0.3) is 16.7 Å². The van der Waals surface area contributed by atoms with Crippen LogP contribution in [0.15, 0.2) is 62.7 Å². The molecule has 3 heterocycles. The van der Waals surface area contributed by atoms with E-state index in [1.807, 2.05) is 13.1 Å². The van der Waals surface area contributed by atoms with E-state index in [4.69, 9.17) is 4.74 Å². The number of ether oxygens (including phenoxy) is 1. The van der Waals surface area contributed by atoms with Gasteiger partial charge in [-0.3, -0.25) is 23.9 Å². The van der Waals surface area contributed by atoms with Gasteiger partial charge in [-0.05, 0) is 88.2 Å². The molecule has 2 aromatic heterocycles. The highest BCUT2D eigenvalue weighted by molar-refractivity contribution is 9.10. The molecule has 2 fully saturated rings. The summed E-state index contributed by atoms with van der Waals surface area (Å²) in [5.41, 5.74) is 2.40. The zero-order valence-corrected chi connectivity index (χ0v) is 26.0. The second-order valence-electron chi connectivity index (χ2n) is 11.7. The topological polar surface area (TPSA) is 88.4 Å². The summed E-state index contributed by atoms with van der Waals surface area (Å²) in [5, 5.41) is 5.45. The van der Waals surface area contributed by atoms with Crippen molar-refractivity contribution in [3.8, 4) is 11.6 Å². The van der Waals surface area contributed by atoms with Gasteiger partial charge in [0.05, 0.1) is 11.6 Å². The Kier molecular flexibility index (Phi) is 8.53. The summed E-state index contributed by atoms with van der Waals surface area (Å²) >= 11 is 3.61. The maximum atomic E-state index is 12.3. The van der Waals surface area contributed by atoms with Crippen molar-refractivity contribution in [1.29, 1.82) is 0 Å². The maximum Gasteiger partial charge on any atom is 0.334 e. The van der Waals surface area contributed by atoms with Crippen molar-refractivity contribution in [2.24, 2.45) is 13.0 Å². The summed E-state index contributed by atoms with van der Waals surface area (Å²) in [7, 11) is 1.88. The number of benzene rings is 2. The second kappa shape index (κ2) is 12.5. The van der Waals surface area contributed by atoms with Gasteiger partial charge in [0, 0.05) is 66.6 Å². The Balaban J connectivity index is 0.966. The fraction of sp³-hybridized carbons (Fsp3) is 0.469. The first-order valence-electron chi connectivity index (χ1n) is 15.0. The smallest absolute Gasteiger partial charge is 0.334 e. The van der Waals surface area contributed by atoms with Gasteiger partial charge in [-0.2, -0.15) is 5.10 Å². The number of anilines is 1. The Hall–Kier alpha value is -3.37. The van der Waals surface area contributed by atoms with Crippen molar-refractivity contribution >= 4 is 32.5 Å². The normalized spacial score (nSPS) is 19.8. The third kappa shape index (κ3) is 6.20. The first-order valence-corrected chi connectivity index (χ1v) is 15.8. The molecule has 0 radical (unpaired) electrons. The summed E-state index contributed by atoms with van der Waals surface area (Å²) in [5.74, 6) is 2.35. The molecule has 222 valence electrons. The van der Waals surface area contributed by atoms with Gasteiger partial charge in [0.25, 0.3) is 5.56 Å². The van der Waals surface area contributed by atoms with Crippen molar-refractivity contribution in [1.82, 2.24) is 24.2 Å². The van der Waals surface area contributed by atoms with E-state index in [0.717, 1.165) is 66.1 Å². The highest BCUT2D eigenvalue weighted by Crippen LogP contribution is 2.33. The molecule has 1 saturated heterocycles. The number of hydrogen-bond acceptors (Lipinski definition) is 6. The van der Waals surface area contributed by atoms with Crippen LogP contribution >= 0.6 is 15.9 Å². The molecule has 2 aromatic carbocycles. The molecule has 10 heteroatoms. The maximum absolute atomic E-state index is 12.3. The molecule has 0 unspecified atom stereocenters. The number of rotatable bonds is 8. The minimum Gasteiger partial charge on any atom is -0.490 e. The Morgan fingerprint density at radius 2 is 1.81 bits per heavy atom. The van der Waals surface area contributed by atoms with Gasteiger partial charge >= 0.3 is 5.69 Å². The molecular formula is C32H39BrN6O3. The zero-order valence-electron chi connectivity index (χ0n) is 24.4. The van der Waals surface area contributed by atoms with Gasteiger partial charge in [0.2, 0.25) is 0 Å². The highest BCUT2D eigenvalue weighted by Gasteiger charge is 2.24. The van der Waals surface area contributed by atoms with Crippen LogP contribution in [-0.4, -0.2) is 63.1 Å². The summed E-state index contributed by atoms with van der Waals surface area (Å²) in [4.78, 5) is 31.2. The van der Waals surface area contributed by atoms with Crippen molar-refractivity contribution < 1.29 is 4.74 Å². The Morgan fingerprint density at radius 3 is 2.57 bits per heavy atom. The predicted molar refractivity (Wildman–Crippen MR) is 170 cm³/mol. The van der Waals surface area contributed by atoms with E-state index in [-0.39, 0.29) is 0 Å². The van der Waals surface area contributed by atoms with Crippen LogP contribution in [0.4, 0.5) is 5.69 Å². The first-order chi connectivity index (χ1) is 20.4. The molecule has 4 aromatic rings. The van der Waals surface area contributed by atoms with Crippen molar-refractivity contribution in [3.05, 3.63) is 79.5 Å². The molecule has 0 spiro atoms. The lowest BCUT2D eigenvalue weighted by atomic mass is 9.84. The van der Waals surface area contributed by atoms with Crippen LogP contribution in [0.3, 0.4) is 0 Å². The SMILES string of the molecule is Cc1c(Br)cccc1OC1CCC(CCCN2CCN(c3ccc4c(-n5ccc(=O)[nH]c5=O)nn(C)c4c3)CC2)CC1. The summed E-state index contributed by atoms with van der Waals surface area (Å²) in [6.45, 7) is 7.39. The van der Waals surface area contributed by atoms with Gasteiger partial charge in [0.1, 0.15) is 5.75 Å². The van der Waals surface area contributed by atoms with E-state index in [1.54, 1.807) is 4.68 Å². The molecule has 1 aliphatic heterocycles. The Bertz CT molecular complexity index is 1660. The predicted octanol–water partition coefficient (Wildman–Crippen LogP) is 5.02. The van der Waals surface area contributed by atoms with E-state index in [9.17, 15) is 9.59 Å². The number of aromatic amines is 1. The second-order valence-corrected chi connectivity index (χ2v) is 12.6. The Labute approximate surface area is 254 Å². The van der Waals surface area contributed by atoms with Crippen LogP contribution in [0, 0.1) is 12.8 Å². The Morgan fingerprint density at radius 1 is 1.02 bits per heavy atom. The lowest BCUT2D eigenvalue weighted by Crippen LogP contribution is -2.46. The quantitative estimate of drug-likeness (QED) is 0.293. The number of fused-ring (bicyclic) bond motifs is 1. The molecule has 0 atom stereocenters. The zero-order chi connectivity index (χ0) is 29.2. The molecule has 1 saturated carbocycles. The van der Waals surface area contributed by atoms with Gasteiger partial charge < -0.3 is 9.64 Å². The summed E-state index contributed by atoms with van der Waals surface area (Å²) in [6, 6.07) is 13.8. The fourth-order valence-corrected chi connectivity index (χ4v) is 6.80. The van der Waals surface area contributed by atoms with Crippen molar-refractivity contribution in [2.45, 2.75) is 51.6 Å². The minimum absolute atomic E-state index is 0.339. The average molecular weight is 636 g/mol. The number of piperazine rings is 1. The van der Waals surface area contributed by atoms with Crippen molar-refractivity contribution in [2.75, 3.05) is 37.6 Å². The van der Waals surface area contributed by atoms with Crippen LogP contribution in [0.5, 0.6) is 5.75 Å². The number of H-pyrrole nitrogens is 1. The monoisotopic (exact) mass is 634 g/mol. The molecule has 1 N–H and O–H groups in total. The van der Waals surface area contributed by atoms with Gasteiger partial charge in [-0.15, -0.1) is 0 Å². The number of nitrogens with one attached hydrogen (secondary N) is 1. The lowest BCUT2D eigenvalue weighted by molar-refractivity contribution is 0.125. The largest absolute Gasteiger partial charge is 0.490 e. The van der Waals surface area contributed by atoms with E-state index >= 15 is 0 Å². The van der Waals surface area contributed by atoms with Crippen LogP contribution < -0.4 is 20.9 Å². The first kappa shape index (κ1) is 28.7. The number of aromatic nitrogens is 4. The molecule has 6 rings (SSSR count). The third-order valence-electron chi connectivity index (χ3n) is 9.00. The minimum atomic E-state index is -0.490. The van der Waals surface area contributed by atoms with Gasteiger partial charge in [0.15, 0.2) is 5.82 Å². The van der Waals surface area contributed by atoms with Gasteiger partial charge in [-0.1, -0.05) is 22.0 Å². The molecule has 1 aliphatic carbocycles. The molecular weight excluding hydrogens is 596 g/mol. The number of halogens is 1. The lowest BCUT2D eigenvalue weighted by Gasteiger charge is -2.36. The molecule has 2 aliphatic rings. The van der Waals surface area contributed by atoms with Crippen LogP contribution in [0.2, 0.25) is 0 Å². The average Bonchev–Trinajstić information content (AvgIpc) is 3.32. The van der Waals surface area contributed by atoms with Crippen molar-refractivity contribution in [3.63, 3.8) is 0 Å². The van der Waals surface area contributed by atoms with E-state index < -0.39 is 11.2 Å². The van der Waals surface area contributed by atoms with Crippen LogP contribution in [-0.2, 0) is 7.05 Å². The number of nitrogens with zero attached hydrogens (tertiary/aromatic N) is 5. The summed E-state index contributed by atoms with van der Waals surface area (Å²) < 4.78 is 10.6. The highest BCUT2D eigenvalue weighted by atomic mass is 79.9. The van der Waals surface area contributed by atoms with E-state index in [2.05, 4.69) is 73.1 Å².